The van der Waals surface area contributed by atoms with Crippen LogP contribution in [0.2, 0.25) is 0 Å². The fourth-order valence-corrected chi connectivity index (χ4v) is 2.83. The molecule has 0 bridgehead atoms. The van der Waals surface area contributed by atoms with Crippen molar-refractivity contribution in [3.05, 3.63) is 54.6 Å². The average Bonchev–Trinajstić information content (AvgIpc) is 3.46. The van der Waals surface area contributed by atoms with Crippen molar-refractivity contribution in [2.24, 2.45) is 5.92 Å². The molecular formula is C19H21NO. The zero-order valence-corrected chi connectivity index (χ0v) is 12.2. The summed E-state index contributed by atoms with van der Waals surface area (Å²) in [5, 5.41) is 0. The van der Waals surface area contributed by atoms with Crippen LogP contribution >= 0.6 is 0 Å². The van der Waals surface area contributed by atoms with Gasteiger partial charge in [-0.1, -0.05) is 42.5 Å². The zero-order chi connectivity index (χ0) is 14.1. The Bertz CT molecular complexity index is 606. The molecular weight excluding hydrogens is 258 g/mol. The molecule has 2 heteroatoms. The van der Waals surface area contributed by atoms with Crippen LogP contribution in [0, 0.1) is 5.92 Å². The summed E-state index contributed by atoms with van der Waals surface area (Å²) < 4.78 is 5.98. The van der Waals surface area contributed by atoms with Gasteiger partial charge in [0, 0.05) is 13.1 Å². The van der Waals surface area contributed by atoms with E-state index in [2.05, 4.69) is 53.4 Å². The lowest BCUT2D eigenvalue weighted by Gasteiger charge is -2.08. The Kier molecular flexibility index (Phi) is 3.40. The minimum Gasteiger partial charge on any atom is -0.492 e. The highest BCUT2D eigenvalue weighted by molar-refractivity contribution is 5.64. The first-order valence-corrected chi connectivity index (χ1v) is 7.91. The third kappa shape index (κ3) is 3.27. The lowest BCUT2D eigenvalue weighted by Crippen LogP contribution is -2.12. The Labute approximate surface area is 126 Å². The predicted molar refractivity (Wildman–Crippen MR) is 85.5 cm³/mol. The van der Waals surface area contributed by atoms with Gasteiger partial charge in [-0.05, 0) is 42.0 Å². The number of hydrogen-bond acceptors (Lipinski definition) is 2. The van der Waals surface area contributed by atoms with Gasteiger partial charge in [-0.2, -0.15) is 0 Å². The third-order valence-electron chi connectivity index (χ3n) is 4.40. The molecule has 1 aliphatic carbocycles. The lowest BCUT2D eigenvalue weighted by molar-refractivity contribution is 0.292. The molecule has 2 unspecified atom stereocenters. The maximum absolute atomic E-state index is 5.98. The van der Waals surface area contributed by atoms with Crippen LogP contribution in [0.15, 0.2) is 54.6 Å². The van der Waals surface area contributed by atoms with Crippen molar-refractivity contribution in [3.8, 4) is 16.9 Å². The van der Waals surface area contributed by atoms with Gasteiger partial charge in [-0.3, -0.25) is 4.90 Å². The van der Waals surface area contributed by atoms with E-state index < -0.39 is 0 Å². The van der Waals surface area contributed by atoms with Gasteiger partial charge in [0.2, 0.25) is 0 Å². The van der Waals surface area contributed by atoms with E-state index in [-0.39, 0.29) is 0 Å². The molecule has 2 atom stereocenters. The molecule has 2 nitrogen and oxygen atoms in total. The maximum Gasteiger partial charge on any atom is 0.119 e. The second-order valence-electron chi connectivity index (χ2n) is 6.26. The summed E-state index contributed by atoms with van der Waals surface area (Å²) in [6.07, 6.45) is 2.87. The molecule has 1 saturated carbocycles. The minimum atomic E-state index is 0.644. The minimum absolute atomic E-state index is 0.644. The largest absolute Gasteiger partial charge is 0.492 e. The van der Waals surface area contributed by atoms with E-state index >= 15 is 0 Å². The monoisotopic (exact) mass is 279 g/mol. The fourth-order valence-electron chi connectivity index (χ4n) is 2.83. The second kappa shape index (κ2) is 5.53. The smallest absolute Gasteiger partial charge is 0.119 e. The van der Waals surface area contributed by atoms with Crippen molar-refractivity contribution in [3.63, 3.8) is 0 Å². The van der Waals surface area contributed by atoms with Gasteiger partial charge in [0.25, 0.3) is 0 Å². The first-order chi connectivity index (χ1) is 10.4. The molecule has 0 aromatic heterocycles. The highest BCUT2D eigenvalue weighted by Gasteiger charge is 2.38. The van der Waals surface area contributed by atoms with E-state index in [4.69, 9.17) is 4.74 Å². The number of benzene rings is 2. The van der Waals surface area contributed by atoms with Gasteiger partial charge in [-0.25, -0.2) is 0 Å². The Balaban J connectivity index is 1.35. The van der Waals surface area contributed by atoms with Crippen LogP contribution in [0.25, 0.3) is 11.1 Å². The van der Waals surface area contributed by atoms with Crippen molar-refractivity contribution >= 4 is 0 Å². The lowest BCUT2D eigenvalue weighted by atomic mass is 10.1. The first kappa shape index (κ1) is 12.9. The van der Waals surface area contributed by atoms with Crippen LogP contribution < -0.4 is 4.74 Å². The normalized spacial score (nSPS) is 23.8. The molecule has 1 saturated heterocycles. The molecule has 4 rings (SSSR count). The van der Waals surface area contributed by atoms with Crippen LogP contribution in [-0.4, -0.2) is 30.6 Å². The number of hydrogen-bond donors (Lipinski definition) is 0. The summed E-state index contributed by atoms with van der Waals surface area (Å²) in [4.78, 5) is 2.54. The fraction of sp³-hybridized carbons (Fsp3) is 0.368. The Morgan fingerprint density at radius 1 is 0.952 bits per heavy atom. The molecule has 108 valence electrons. The van der Waals surface area contributed by atoms with Crippen molar-refractivity contribution in [1.29, 1.82) is 0 Å². The van der Waals surface area contributed by atoms with Gasteiger partial charge in [-0.15, -0.1) is 0 Å². The Hall–Kier alpha value is -1.80. The zero-order valence-electron chi connectivity index (χ0n) is 12.2. The molecule has 1 heterocycles. The summed E-state index contributed by atoms with van der Waals surface area (Å²) in [5.74, 6) is 1.96. The Morgan fingerprint density at radius 2 is 1.76 bits per heavy atom. The van der Waals surface area contributed by atoms with Crippen molar-refractivity contribution in [2.45, 2.75) is 18.9 Å². The van der Waals surface area contributed by atoms with E-state index in [1.54, 1.807) is 0 Å². The average molecular weight is 279 g/mol. The SMILES string of the molecule is c1ccc(-c2cccc(OCC3CN3CC3CC3)c2)cc1. The summed E-state index contributed by atoms with van der Waals surface area (Å²) >= 11 is 0. The van der Waals surface area contributed by atoms with Crippen LogP contribution in [0.4, 0.5) is 0 Å². The van der Waals surface area contributed by atoms with E-state index in [1.165, 1.54) is 37.1 Å². The standard InChI is InChI=1S/C19H21NO/c1-2-5-16(6-3-1)17-7-4-8-19(11-17)21-14-18-13-20(18)12-15-9-10-15/h1-8,11,15,18H,9-10,12-14H2. The van der Waals surface area contributed by atoms with Crippen molar-refractivity contribution < 1.29 is 4.74 Å². The molecule has 2 aromatic rings. The summed E-state index contributed by atoms with van der Waals surface area (Å²) in [6.45, 7) is 3.33. The summed E-state index contributed by atoms with van der Waals surface area (Å²) in [7, 11) is 0. The van der Waals surface area contributed by atoms with Gasteiger partial charge < -0.3 is 4.74 Å². The topological polar surface area (TPSA) is 12.2 Å². The van der Waals surface area contributed by atoms with Crippen LogP contribution in [0.1, 0.15) is 12.8 Å². The molecule has 0 radical (unpaired) electrons. The molecule has 0 N–H and O–H groups in total. The number of rotatable bonds is 6. The van der Waals surface area contributed by atoms with E-state index in [0.717, 1.165) is 18.3 Å². The van der Waals surface area contributed by atoms with Gasteiger partial charge >= 0.3 is 0 Å². The molecule has 0 spiro atoms. The maximum atomic E-state index is 5.98. The number of nitrogens with zero attached hydrogens (tertiary/aromatic N) is 1. The van der Waals surface area contributed by atoms with E-state index in [9.17, 15) is 0 Å². The quantitative estimate of drug-likeness (QED) is 0.745. The summed E-state index contributed by atoms with van der Waals surface area (Å²) in [6, 6.07) is 19.5. The molecule has 2 aliphatic rings. The van der Waals surface area contributed by atoms with Crippen molar-refractivity contribution in [1.82, 2.24) is 4.90 Å². The van der Waals surface area contributed by atoms with Gasteiger partial charge in [0.1, 0.15) is 12.4 Å². The first-order valence-electron chi connectivity index (χ1n) is 7.91. The molecule has 21 heavy (non-hydrogen) atoms. The molecule has 2 fully saturated rings. The molecule has 1 aliphatic heterocycles. The molecule has 0 amide bonds. The highest BCUT2D eigenvalue weighted by Crippen LogP contribution is 2.33. The predicted octanol–water partition coefficient (Wildman–Crippen LogP) is 3.83. The molecule has 2 aromatic carbocycles. The van der Waals surface area contributed by atoms with Crippen LogP contribution in [0.5, 0.6) is 5.75 Å². The second-order valence-corrected chi connectivity index (χ2v) is 6.26. The van der Waals surface area contributed by atoms with Crippen LogP contribution in [0.3, 0.4) is 0 Å². The van der Waals surface area contributed by atoms with Gasteiger partial charge in [0.15, 0.2) is 0 Å². The Morgan fingerprint density at radius 3 is 2.57 bits per heavy atom. The van der Waals surface area contributed by atoms with E-state index in [1.807, 2.05) is 6.07 Å². The van der Waals surface area contributed by atoms with Crippen molar-refractivity contribution in [2.75, 3.05) is 19.7 Å². The van der Waals surface area contributed by atoms with E-state index in [0.29, 0.717) is 6.04 Å². The number of ether oxygens (including phenoxy) is 1. The third-order valence-corrected chi connectivity index (χ3v) is 4.40. The van der Waals surface area contributed by atoms with Crippen LogP contribution in [-0.2, 0) is 0 Å². The highest BCUT2D eigenvalue weighted by atomic mass is 16.5. The van der Waals surface area contributed by atoms with Gasteiger partial charge in [0.05, 0.1) is 6.04 Å². The summed E-state index contributed by atoms with van der Waals surface area (Å²) in [5.41, 5.74) is 2.46.